The summed E-state index contributed by atoms with van der Waals surface area (Å²) in [5, 5.41) is 1.11. The average molecular weight is 218 g/mol. The number of hydrogen-bond donors (Lipinski definition) is 0. The molecule has 16 heavy (non-hydrogen) atoms. The predicted octanol–water partition coefficient (Wildman–Crippen LogP) is 2.93. The lowest BCUT2D eigenvalue weighted by molar-refractivity contribution is -0.140. The lowest BCUT2D eigenvalue weighted by atomic mass is 10.2. The molecule has 3 heteroatoms. The zero-order valence-corrected chi connectivity index (χ0v) is 9.23. The van der Waals surface area contributed by atoms with Gasteiger partial charge in [0.05, 0.1) is 7.11 Å². The number of furan rings is 1. The van der Waals surface area contributed by atoms with E-state index in [1.807, 2.05) is 30.3 Å². The SMILES string of the molecule is COC(=O)CCCc1cc2ccccc2o1. The predicted molar refractivity (Wildman–Crippen MR) is 61.2 cm³/mol. The Bertz CT molecular complexity index is 452. The molecule has 0 aliphatic rings. The van der Waals surface area contributed by atoms with Crippen molar-refractivity contribution in [2.75, 3.05) is 7.11 Å². The standard InChI is InChI=1S/C13H14O3/c1-15-13(14)8-4-6-11-9-10-5-2-3-7-12(10)16-11/h2-3,5,7,9H,4,6,8H2,1H3. The monoisotopic (exact) mass is 218 g/mol. The van der Waals surface area contributed by atoms with E-state index in [-0.39, 0.29) is 5.97 Å². The number of benzene rings is 1. The van der Waals surface area contributed by atoms with Crippen LogP contribution in [-0.4, -0.2) is 13.1 Å². The van der Waals surface area contributed by atoms with Gasteiger partial charge in [-0.2, -0.15) is 0 Å². The highest BCUT2D eigenvalue weighted by atomic mass is 16.5. The fraction of sp³-hybridized carbons (Fsp3) is 0.308. The molecule has 3 nitrogen and oxygen atoms in total. The van der Waals surface area contributed by atoms with E-state index in [0.717, 1.165) is 29.6 Å². The maximum absolute atomic E-state index is 10.9. The van der Waals surface area contributed by atoms with E-state index >= 15 is 0 Å². The van der Waals surface area contributed by atoms with Gasteiger partial charge in [0.2, 0.25) is 0 Å². The quantitative estimate of drug-likeness (QED) is 0.741. The van der Waals surface area contributed by atoms with Crippen LogP contribution in [0.15, 0.2) is 34.7 Å². The first kappa shape index (κ1) is 10.7. The van der Waals surface area contributed by atoms with Crippen LogP contribution >= 0.6 is 0 Å². The molecule has 0 aliphatic carbocycles. The second kappa shape index (κ2) is 4.84. The van der Waals surface area contributed by atoms with E-state index < -0.39 is 0 Å². The first-order valence-corrected chi connectivity index (χ1v) is 5.34. The molecule has 0 saturated heterocycles. The molecule has 0 saturated carbocycles. The van der Waals surface area contributed by atoms with E-state index in [4.69, 9.17) is 4.42 Å². The normalized spacial score (nSPS) is 10.6. The highest BCUT2D eigenvalue weighted by Crippen LogP contribution is 2.20. The zero-order valence-electron chi connectivity index (χ0n) is 9.23. The van der Waals surface area contributed by atoms with E-state index in [1.165, 1.54) is 7.11 Å². The van der Waals surface area contributed by atoms with Crippen molar-refractivity contribution in [3.8, 4) is 0 Å². The molecule has 0 unspecified atom stereocenters. The van der Waals surface area contributed by atoms with Crippen molar-refractivity contribution in [1.82, 2.24) is 0 Å². The Labute approximate surface area is 94.0 Å². The Morgan fingerprint density at radius 1 is 1.38 bits per heavy atom. The number of carbonyl (C=O) groups is 1. The molecule has 0 amide bonds. The van der Waals surface area contributed by atoms with Crippen molar-refractivity contribution in [1.29, 1.82) is 0 Å². The van der Waals surface area contributed by atoms with Crippen LogP contribution in [0.5, 0.6) is 0 Å². The molecule has 0 N–H and O–H groups in total. The Hall–Kier alpha value is -1.77. The van der Waals surface area contributed by atoms with Crippen molar-refractivity contribution >= 4 is 16.9 Å². The third-order valence-electron chi connectivity index (χ3n) is 2.51. The molecule has 2 rings (SSSR count). The third kappa shape index (κ3) is 2.42. The number of para-hydroxylation sites is 1. The Kier molecular flexibility index (Phi) is 3.25. The van der Waals surface area contributed by atoms with Crippen molar-refractivity contribution in [3.05, 3.63) is 36.1 Å². The molecular formula is C13H14O3. The minimum absolute atomic E-state index is 0.170. The summed E-state index contributed by atoms with van der Waals surface area (Å²) in [7, 11) is 1.41. The van der Waals surface area contributed by atoms with Crippen LogP contribution in [0.3, 0.4) is 0 Å². The minimum Gasteiger partial charge on any atom is -0.469 e. The van der Waals surface area contributed by atoms with Crippen LogP contribution in [0, 0.1) is 0 Å². The number of hydrogen-bond acceptors (Lipinski definition) is 3. The van der Waals surface area contributed by atoms with Crippen LogP contribution in [0.25, 0.3) is 11.0 Å². The van der Waals surface area contributed by atoms with E-state index in [1.54, 1.807) is 0 Å². The number of carbonyl (C=O) groups excluding carboxylic acids is 1. The molecule has 0 bridgehead atoms. The van der Waals surface area contributed by atoms with Gasteiger partial charge >= 0.3 is 5.97 Å². The Morgan fingerprint density at radius 3 is 2.94 bits per heavy atom. The number of ether oxygens (including phenoxy) is 1. The van der Waals surface area contributed by atoms with Gasteiger partial charge in [-0.05, 0) is 18.6 Å². The van der Waals surface area contributed by atoms with Crippen molar-refractivity contribution in [3.63, 3.8) is 0 Å². The molecule has 0 radical (unpaired) electrons. The average Bonchev–Trinajstić information content (AvgIpc) is 2.71. The van der Waals surface area contributed by atoms with Gasteiger partial charge in [-0.1, -0.05) is 18.2 Å². The molecule has 1 aromatic heterocycles. The van der Waals surface area contributed by atoms with E-state index in [2.05, 4.69) is 4.74 Å². The topological polar surface area (TPSA) is 39.4 Å². The second-order valence-corrected chi connectivity index (χ2v) is 3.68. The summed E-state index contributed by atoms with van der Waals surface area (Å²) >= 11 is 0. The lowest BCUT2D eigenvalue weighted by Gasteiger charge is -1.96. The van der Waals surface area contributed by atoms with Crippen molar-refractivity contribution < 1.29 is 13.9 Å². The lowest BCUT2D eigenvalue weighted by Crippen LogP contribution is -2.00. The zero-order chi connectivity index (χ0) is 11.4. The molecule has 0 spiro atoms. The largest absolute Gasteiger partial charge is 0.469 e. The van der Waals surface area contributed by atoms with E-state index in [9.17, 15) is 4.79 Å². The Morgan fingerprint density at radius 2 is 2.19 bits per heavy atom. The molecule has 0 aliphatic heterocycles. The highest BCUT2D eigenvalue weighted by Gasteiger charge is 2.05. The first-order chi connectivity index (χ1) is 7.79. The molecule has 1 heterocycles. The highest BCUT2D eigenvalue weighted by molar-refractivity contribution is 5.77. The van der Waals surface area contributed by atoms with Crippen LogP contribution < -0.4 is 0 Å². The summed E-state index contributed by atoms with van der Waals surface area (Å²) in [5.41, 5.74) is 0.899. The van der Waals surface area contributed by atoms with Crippen LogP contribution in [0.2, 0.25) is 0 Å². The first-order valence-electron chi connectivity index (χ1n) is 5.34. The molecule has 0 fully saturated rings. The number of methoxy groups -OCH3 is 1. The summed E-state index contributed by atoms with van der Waals surface area (Å²) < 4.78 is 10.2. The van der Waals surface area contributed by atoms with Gasteiger partial charge in [-0.15, -0.1) is 0 Å². The van der Waals surface area contributed by atoms with Gasteiger partial charge in [0.15, 0.2) is 0 Å². The number of fused-ring (bicyclic) bond motifs is 1. The second-order valence-electron chi connectivity index (χ2n) is 3.68. The molecular weight excluding hydrogens is 204 g/mol. The number of aryl methyl sites for hydroxylation is 1. The molecule has 1 aromatic carbocycles. The van der Waals surface area contributed by atoms with Gasteiger partial charge in [0, 0.05) is 18.2 Å². The molecule has 2 aromatic rings. The summed E-state index contributed by atoms with van der Waals surface area (Å²) in [6.45, 7) is 0. The van der Waals surface area contributed by atoms with E-state index in [0.29, 0.717) is 6.42 Å². The van der Waals surface area contributed by atoms with Crippen LogP contribution in [-0.2, 0) is 16.0 Å². The fourth-order valence-electron chi connectivity index (χ4n) is 1.67. The van der Waals surface area contributed by atoms with Gasteiger partial charge < -0.3 is 9.15 Å². The van der Waals surface area contributed by atoms with Gasteiger partial charge in [-0.3, -0.25) is 4.79 Å². The number of esters is 1. The number of rotatable bonds is 4. The summed E-state index contributed by atoms with van der Waals surface area (Å²) in [6.07, 6.45) is 1.96. The van der Waals surface area contributed by atoms with Gasteiger partial charge in [0.1, 0.15) is 11.3 Å². The molecule has 84 valence electrons. The minimum atomic E-state index is -0.170. The van der Waals surface area contributed by atoms with Crippen molar-refractivity contribution in [2.45, 2.75) is 19.3 Å². The van der Waals surface area contributed by atoms with Crippen LogP contribution in [0.1, 0.15) is 18.6 Å². The van der Waals surface area contributed by atoms with Gasteiger partial charge in [-0.25, -0.2) is 0 Å². The van der Waals surface area contributed by atoms with Crippen LogP contribution in [0.4, 0.5) is 0 Å². The maximum Gasteiger partial charge on any atom is 0.305 e. The summed E-state index contributed by atoms with van der Waals surface area (Å²) in [4.78, 5) is 10.9. The third-order valence-corrected chi connectivity index (χ3v) is 2.51. The van der Waals surface area contributed by atoms with Gasteiger partial charge in [0.25, 0.3) is 0 Å². The maximum atomic E-state index is 10.9. The molecule has 0 atom stereocenters. The fourth-order valence-corrected chi connectivity index (χ4v) is 1.67. The smallest absolute Gasteiger partial charge is 0.305 e. The van der Waals surface area contributed by atoms with Crippen molar-refractivity contribution in [2.24, 2.45) is 0 Å². The summed E-state index contributed by atoms with van der Waals surface area (Å²) in [6, 6.07) is 9.91. The summed E-state index contributed by atoms with van der Waals surface area (Å²) in [5.74, 6) is 0.751. The Balaban J connectivity index is 1.97.